The summed E-state index contributed by atoms with van der Waals surface area (Å²) in [5.41, 5.74) is 4.85. The largest absolute Gasteiger partial charge is 0.369 e. The van der Waals surface area contributed by atoms with Gasteiger partial charge in [0.2, 0.25) is 5.91 Å². The van der Waals surface area contributed by atoms with Crippen molar-refractivity contribution in [3.05, 3.63) is 0 Å². The summed E-state index contributed by atoms with van der Waals surface area (Å²) in [6.45, 7) is 1.70. The number of carbonyl (C=O) groups excluding carboxylic acids is 1. The molecule has 0 spiro atoms. The maximum absolute atomic E-state index is 10.7. The number of nitrogens with one attached hydrogen (secondary N) is 1. The number of primary amides is 1. The molecule has 0 aliphatic heterocycles. The van der Waals surface area contributed by atoms with Gasteiger partial charge in [0.25, 0.3) is 0 Å². The van der Waals surface area contributed by atoms with Crippen LogP contribution in [-0.4, -0.2) is 38.9 Å². The lowest BCUT2D eigenvalue weighted by Crippen LogP contribution is -2.38. The van der Waals surface area contributed by atoms with Crippen LogP contribution in [0.4, 0.5) is 0 Å². The van der Waals surface area contributed by atoms with Gasteiger partial charge in [0.1, 0.15) is 9.84 Å². The maximum Gasteiger partial charge on any atom is 0.231 e. The second-order valence-corrected chi connectivity index (χ2v) is 5.03. The Bertz CT molecular complexity index is 248. The number of amides is 1. The van der Waals surface area contributed by atoms with Crippen LogP contribution in [0.1, 0.15) is 6.92 Å². The molecule has 0 rings (SSSR count). The summed E-state index contributed by atoms with van der Waals surface area (Å²) >= 11 is 0. The molecular formula is C6H14N2O3S. The summed E-state index contributed by atoms with van der Waals surface area (Å²) in [6, 6.07) is -0.243. The molecule has 0 fully saturated rings. The highest BCUT2D eigenvalue weighted by molar-refractivity contribution is 7.90. The summed E-state index contributed by atoms with van der Waals surface area (Å²) < 4.78 is 21.5. The minimum atomic E-state index is -2.99. The molecule has 1 amide bonds. The first-order valence-corrected chi connectivity index (χ1v) is 5.56. The predicted molar refractivity (Wildman–Crippen MR) is 46.4 cm³/mol. The topological polar surface area (TPSA) is 89.3 Å². The minimum absolute atomic E-state index is 0.0106. The van der Waals surface area contributed by atoms with E-state index in [-0.39, 0.29) is 18.3 Å². The molecule has 3 N–H and O–H groups in total. The van der Waals surface area contributed by atoms with E-state index in [9.17, 15) is 13.2 Å². The second kappa shape index (κ2) is 4.42. The fraction of sp³-hybridized carbons (Fsp3) is 0.833. The van der Waals surface area contributed by atoms with Crippen LogP contribution in [0, 0.1) is 0 Å². The monoisotopic (exact) mass is 194 g/mol. The van der Waals surface area contributed by atoms with Crippen molar-refractivity contribution in [2.24, 2.45) is 5.73 Å². The van der Waals surface area contributed by atoms with Crippen molar-refractivity contribution in [3.63, 3.8) is 0 Å². The van der Waals surface area contributed by atoms with E-state index in [4.69, 9.17) is 5.73 Å². The van der Waals surface area contributed by atoms with Crippen molar-refractivity contribution in [3.8, 4) is 0 Å². The average molecular weight is 194 g/mol. The summed E-state index contributed by atoms with van der Waals surface area (Å²) in [5, 5.41) is 2.68. The molecule has 0 aromatic heterocycles. The van der Waals surface area contributed by atoms with Gasteiger partial charge in [-0.15, -0.1) is 0 Å². The highest BCUT2D eigenvalue weighted by Gasteiger charge is 2.09. The first-order chi connectivity index (χ1) is 5.31. The van der Waals surface area contributed by atoms with Crippen LogP contribution in [0.2, 0.25) is 0 Å². The van der Waals surface area contributed by atoms with E-state index >= 15 is 0 Å². The Morgan fingerprint density at radius 3 is 2.42 bits per heavy atom. The van der Waals surface area contributed by atoms with E-state index < -0.39 is 15.7 Å². The Morgan fingerprint density at radius 1 is 1.58 bits per heavy atom. The molecule has 0 saturated heterocycles. The molecule has 0 aliphatic carbocycles. The van der Waals surface area contributed by atoms with Crippen molar-refractivity contribution in [1.82, 2.24) is 5.32 Å². The van der Waals surface area contributed by atoms with Crippen LogP contribution in [-0.2, 0) is 14.6 Å². The lowest BCUT2D eigenvalue weighted by Gasteiger charge is -2.10. The quantitative estimate of drug-likeness (QED) is 0.557. The van der Waals surface area contributed by atoms with Crippen LogP contribution >= 0.6 is 0 Å². The van der Waals surface area contributed by atoms with Crippen LogP contribution in [0.15, 0.2) is 0 Å². The SMILES string of the molecule is CC(CS(C)(=O)=O)NCC(N)=O. The first kappa shape index (κ1) is 11.4. The van der Waals surface area contributed by atoms with Crippen molar-refractivity contribution in [2.45, 2.75) is 13.0 Å². The molecule has 5 nitrogen and oxygen atoms in total. The van der Waals surface area contributed by atoms with Gasteiger partial charge in [-0.05, 0) is 6.92 Å². The summed E-state index contributed by atoms with van der Waals surface area (Å²) in [7, 11) is -2.99. The molecule has 12 heavy (non-hydrogen) atoms. The molecule has 0 bridgehead atoms. The number of carbonyl (C=O) groups is 1. The number of hydrogen-bond donors (Lipinski definition) is 2. The molecule has 0 aliphatic rings. The van der Waals surface area contributed by atoms with Crippen LogP contribution < -0.4 is 11.1 Å². The van der Waals surface area contributed by atoms with Crippen molar-refractivity contribution >= 4 is 15.7 Å². The Hall–Kier alpha value is -0.620. The Kier molecular flexibility index (Phi) is 4.19. The third-order valence-corrected chi connectivity index (χ3v) is 2.28. The lowest BCUT2D eigenvalue weighted by molar-refractivity contribution is -0.117. The van der Waals surface area contributed by atoms with Crippen molar-refractivity contribution < 1.29 is 13.2 Å². The van der Waals surface area contributed by atoms with E-state index in [0.29, 0.717) is 0 Å². The molecule has 0 aromatic carbocycles. The molecule has 1 unspecified atom stereocenters. The van der Waals surface area contributed by atoms with Crippen molar-refractivity contribution in [1.29, 1.82) is 0 Å². The molecule has 0 radical (unpaired) electrons. The summed E-state index contributed by atoms with van der Waals surface area (Å²) in [6.07, 6.45) is 1.15. The van der Waals surface area contributed by atoms with E-state index in [2.05, 4.69) is 5.32 Å². The highest BCUT2D eigenvalue weighted by atomic mass is 32.2. The van der Waals surface area contributed by atoms with E-state index in [1.807, 2.05) is 0 Å². The number of sulfone groups is 1. The minimum Gasteiger partial charge on any atom is -0.369 e. The average Bonchev–Trinajstić information content (AvgIpc) is 1.79. The molecular weight excluding hydrogens is 180 g/mol. The zero-order valence-corrected chi connectivity index (χ0v) is 8.02. The van der Waals surface area contributed by atoms with Gasteiger partial charge in [-0.2, -0.15) is 0 Å². The molecule has 72 valence electrons. The fourth-order valence-electron chi connectivity index (χ4n) is 0.788. The normalized spacial score (nSPS) is 14.2. The van der Waals surface area contributed by atoms with Gasteiger partial charge in [-0.3, -0.25) is 4.79 Å². The second-order valence-electron chi connectivity index (χ2n) is 2.84. The molecule has 0 aromatic rings. The Labute approximate surface area is 72.2 Å². The van der Waals surface area contributed by atoms with Crippen LogP contribution in [0.5, 0.6) is 0 Å². The van der Waals surface area contributed by atoms with E-state index in [1.54, 1.807) is 6.92 Å². The van der Waals surface area contributed by atoms with Gasteiger partial charge in [0.15, 0.2) is 0 Å². The van der Waals surface area contributed by atoms with Gasteiger partial charge in [-0.25, -0.2) is 8.42 Å². The fourth-order valence-corrected chi connectivity index (χ4v) is 1.81. The maximum atomic E-state index is 10.7. The van der Waals surface area contributed by atoms with E-state index in [1.165, 1.54) is 0 Å². The number of nitrogens with two attached hydrogens (primary N) is 1. The highest BCUT2D eigenvalue weighted by Crippen LogP contribution is 1.88. The zero-order valence-electron chi connectivity index (χ0n) is 7.20. The number of hydrogen-bond acceptors (Lipinski definition) is 4. The van der Waals surface area contributed by atoms with Gasteiger partial charge in [-0.1, -0.05) is 0 Å². The predicted octanol–water partition coefficient (Wildman–Crippen LogP) is -1.51. The Balaban J connectivity index is 3.75. The third kappa shape index (κ3) is 7.49. The molecule has 1 atom stereocenters. The van der Waals surface area contributed by atoms with Gasteiger partial charge >= 0.3 is 0 Å². The van der Waals surface area contributed by atoms with Crippen LogP contribution in [0.25, 0.3) is 0 Å². The van der Waals surface area contributed by atoms with Crippen LogP contribution in [0.3, 0.4) is 0 Å². The Morgan fingerprint density at radius 2 is 2.08 bits per heavy atom. The zero-order chi connectivity index (χ0) is 9.78. The third-order valence-electron chi connectivity index (χ3n) is 1.18. The first-order valence-electron chi connectivity index (χ1n) is 3.50. The smallest absolute Gasteiger partial charge is 0.231 e. The van der Waals surface area contributed by atoms with Crippen molar-refractivity contribution in [2.75, 3.05) is 18.6 Å². The van der Waals surface area contributed by atoms with Gasteiger partial charge in [0, 0.05) is 12.3 Å². The lowest BCUT2D eigenvalue weighted by atomic mass is 10.4. The summed E-state index contributed by atoms with van der Waals surface area (Å²) in [4.78, 5) is 10.3. The number of rotatable bonds is 5. The van der Waals surface area contributed by atoms with Gasteiger partial charge in [0.05, 0.1) is 12.3 Å². The van der Waals surface area contributed by atoms with E-state index in [0.717, 1.165) is 6.26 Å². The summed E-state index contributed by atoms with van der Waals surface area (Å²) in [5.74, 6) is -0.476. The molecule has 0 heterocycles. The molecule has 0 saturated carbocycles. The van der Waals surface area contributed by atoms with Gasteiger partial charge < -0.3 is 11.1 Å². The standard InChI is InChI=1S/C6H14N2O3S/c1-5(4-12(2,10)11)8-3-6(7)9/h5,8H,3-4H2,1-2H3,(H2,7,9). The molecule has 6 heteroatoms.